The first-order valence-electron chi connectivity index (χ1n) is 5.39. The first kappa shape index (κ1) is 12.0. The van der Waals surface area contributed by atoms with E-state index in [4.69, 9.17) is 5.11 Å². The molecule has 0 amide bonds. The van der Waals surface area contributed by atoms with Crippen molar-refractivity contribution in [3.8, 4) is 5.75 Å². The Morgan fingerprint density at radius 1 is 1.27 bits per heavy atom. The molecule has 1 rings (SSSR count). The van der Waals surface area contributed by atoms with Gasteiger partial charge in [0.05, 0.1) is 6.10 Å². The number of phenolic OH excluding ortho intramolecular Hbond substituents is 1. The molecule has 1 unspecified atom stereocenters. The van der Waals surface area contributed by atoms with Crippen molar-refractivity contribution < 1.29 is 10.2 Å². The molecule has 3 N–H and O–H groups in total. The van der Waals surface area contributed by atoms with E-state index in [0.717, 1.165) is 18.5 Å². The van der Waals surface area contributed by atoms with Gasteiger partial charge in [0.2, 0.25) is 0 Å². The van der Waals surface area contributed by atoms with Gasteiger partial charge >= 0.3 is 0 Å². The van der Waals surface area contributed by atoms with E-state index in [2.05, 4.69) is 12.2 Å². The number of rotatable bonds is 6. The van der Waals surface area contributed by atoms with Crippen LogP contribution in [0.25, 0.3) is 0 Å². The molecule has 0 saturated carbocycles. The summed E-state index contributed by atoms with van der Waals surface area (Å²) < 4.78 is 0. The molecule has 0 saturated heterocycles. The Kier molecular flexibility index (Phi) is 5.15. The minimum absolute atomic E-state index is 0.261. The highest BCUT2D eigenvalue weighted by Crippen LogP contribution is 2.10. The van der Waals surface area contributed by atoms with Crippen LogP contribution in [0.3, 0.4) is 0 Å². The van der Waals surface area contributed by atoms with Crippen LogP contribution in [-0.2, 0) is 6.42 Å². The number of hydrogen-bond acceptors (Lipinski definition) is 3. The summed E-state index contributed by atoms with van der Waals surface area (Å²) >= 11 is 0. The van der Waals surface area contributed by atoms with E-state index in [1.54, 1.807) is 12.1 Å². The lowest BCUT2D eigenvalue weighted by atomic mass is 10.1. The van der Waals surface area contributed by atoms with Gasteiger partial charge in [-0.2, -0.15) is 0 Å². The molecule has 0 aromatic heterocycles. The Hall–Kier alpha value is -1.06. The van der Waals surface area contributed by atoms with Crippen LogP contribution >= 0.6 is 0 Å². The molecule has 0 aliphatic heterocycles. The van der Waals surface area contributed by atoms with E-state index in [-0.39, 0.29) is 11.9 Å². The normalized spacial score (nSPS) is 12.7. The fourth-order valence-corrected chi connectivity index (χ4v) is 1.42. The molecule has 0 radical (unpaired) electrons. The molecule has 0 heterocycles. The lowest BCUT2D eigenvalue weighted by molar-refractivity contribution is 0.172. The average Bonchev–Trinajstić information content (AvgIpc) is 2.22. The van der Waals surface area contributed by atoms with Gasteiger partial charge in [-0.15, -0.1) is 0 Å². The van der Waals surface area contributed by atoms with Gasteiger partial charge in [-0.3, -0.25) is 0 Å². The Morgan fingerprint density at radius 2 is 1.93 bits per heavy atom. The molecule has 3 heteroatoms. The zero-order valence-electron chi connectivity index (χ0n) is 9.11. The van der Waals surface area contributed by atoms with Crippen LogP contribution in [0.15, 0.2) is 24.3 Å². The van der Waals surface area contributed by atoms with Crippen LogP contribution < -0.4 is 5.32 Å². The molecule has 0 fully saturated rings. The van der Waals surface area contributed by atoms with E-state index < -0.39 is 0 Å². The molecule has 0 aliphatic rings. The molecular weight excluding hydrogens is 190 g/mol. The first-order valence-corrected chi connectivity index (χ1v) is 5.39. The summed E-state index contributed by atoms with van der Waals surface area (Å²) in [5, 5.41) is 21.9. The van der Waals surface area contributed by atoms with E-state index in [1.165, 1.54) is 0 Å². The molecule has 0 bridgehead atoms. The predicted octanol–water partition coefficient (Wildman–Crippen LogP) is 1.30. The fraction of sp³-hybridized carbons (Fsp3) is 0.500. The van der Waals surface area contributed by atoms with Crippen LogP contribution in [-0.4, -0.2) is 29.4 Å². The maximum Gasteiger partial charge on any atom is 0.115 e. The molecule has 84 valence electrons. The number of benzene rings is 1. The molecular formula is C12H19NO2. The summed E-state index contributed by atoms with van der Waals surface area (Å²) in [5.41, 5.74) is 1.04. The van der Waals surface area contributed by atoms with Crippen LogP contribution in [0.4, 0.5) is 0 Å². The number of hydrogen-bond donors (Lipinski definition) is 3. The maximum atomic E-state index is 9.67. The second-order valence-corrected chi connectivity index (χ2v) is 3.73. The summed E-state index contributed by atoms with van der Waals surface area (Å²) in [4.78, 5) is 0. The number of aromatic hydroxyl groups is 1. The van der Waals surface area contributed by atoms with Gasteiger partial charge in [0.25, 0.3) is 0 Å². The summed E-state index contributed by atoms with van der Waals surface area (Å²) in [6, 6.07) is 6.94. The second-order valence-electron chi connectivity index (χ2n) is 3.73. The SMILES string of the molecule is CCCNCC(O)Cc1ccc(O)cc1. The van der Waals surface area contributed by atoms with Gasteiger partial charge in [-0.1, -0.05) is 19.1 Å². The summed E-state index contributed by atoms with van der Waals surface area (Å²) in [7, 11) is 0. The monoisotopic (exact) mass is 209 g/mol. The Bertz CT molecular complexity index is 271. The molecule has 1 aromatic carbocycles. The van der Waals surface area contributed by atoms with Crippen molar-refractivity contribution in [2.75, 3.05) is 13.1 Å². The number of aliphatic hydroxyl groups excluding tert-OH is 1. The third-order valence-electron chi connectivity index (χ3n) is 2.21. The predicted molar refractivity (Wildman–Crippen MR) is 61.0 cm³/mol. The smallest absolute Gasteiger partial charge is 0.115 e. The van der Waals surface area contributed by atoms with Crippen molar-refractivity contribution >= 4 is 0 Å². The zero-order chi connectivity index (χ0) is 11.1. The van der Waals surface area contributed by atoms with Crippen LogP contribution in [0, 0.1) is 0 Å². The van der Waals surface area contributed by atoms with Gasteiger partial charge in [0.1, 0.15) is 5.75 Å². The maximum absolute atomic E-state index is 9.67. The zero-order valence-corrected chi connectivity index (χ0v) is 9.11. The van der Waals surface area contributed by atoms with Crippen molar-refractivity contribution in [1.29, 1.82) is 0 Å². The number of aliphatic hydroxyl groups is 1. The lowest BCUT2D eigenvalue weighted by Crippen LogP contribution is -2.28. The van der Waals surface area contributed by atoms with Crippen molar-refractivity contribution in [2.24, 2.45) is 0 Å². The fourth-order valence-electron chi connectivity index (χ4n) is 1.42. The molecule has 0 aliphatic carbocycles. The number of nitrogens with one attached hydrogen (secondary N) is 1. The van der Waals surface area contributed by atoms with Gasteiger partial charge in [-0.05, 0) is 37.1 Å². The summed E-state index contributed by atoms with van der Waals surface area (Å²) in [6.07, 6.45) is 1.34. The van der Waals surface area contributed by atoms with Gasteiger partial charge in [-0.25, -0.2) is 0 Å². The van der Waals surface area contributed by atoms with Gasteiger partial charge in [0, 0.05) is 6.54 Å². The highest BCUT2D eigenvalue weighted by Gasteiger charge is 2.04. The van der Waals surface area contributed by atoms with Crippen molar-refractivity contribution in [1.82, 2.24) is 5.32 Å². The largest absolute Gasteiger partial charge is 0.508 e. The highest BCUT2D eigenvalue weighted by molar-refractivity contribution is 5.26. The molecule has 3 nitrogen and oxygen atoms in total. The van der Waals surface area contributed by atoms with E-state index in [0.29, 0.717) is 13.0 Å². The molecule has 15 heavy (non-hydrogen) atoms. The van der Waals surface area contributed by atoms with Crippen molar-refractivity contribution in [3.05, 3.63) is 29.8 Å². The van der Waals surface area contributed by atoms with Gasteiger partial charge in [0.15, 0.2) is 0 Å². The lowest BCUT2D eigenvalue weighted by Gasteiger charge is -2.11. The van der Waals surface area contributed by atoms with Gasteiger partial charge < -0.3 is 15.5 Å². The average molecular weight is 209 g/mol. The van der Waals surface area contributed by atoms with Crippen molar-refractivity contribution in [3.63, 3.8) is 0 Å². The standard InChI is InChI=1S/C12H19NO2/c1-2-7-13-9-12(15)8-10-3-5-11(14)6-4-10/h3-6,12-15H,2,7-9H2,1H3. The third kappa shape index (κ3) is 4.81. The van der Waals surface area contributed by atoms with E-state index >= 15 is 0 Å². The molecule has 1 atom stereocenters. The summed E-state index contributed by atoms with van der Waals surface area (Å²) in [6.45, 7) is 3.65. The van der Waals surface area contributed by atoms with E-state index in [9.17, 15) is 5.11 Å². The van der Waals surface area contributed by atoms with Crippen molar-refractivity contribution in [2.45, 2.75) is 25.9 Å². The highest BCUT2D eigenvalue weighted by atomic mass is 16.3. The summed E-state index contributed by atoms with van der Waals surface area (Å²) in [5.74, 6) is 0.261. The van der Waals surface area contributed by atoms with E-state index in [1.807, 2.05) is 12.1 Å². The Labute approximate surface area is 90.8 Å². The number of phenols is 1. The molecule has 1 aromatic rings. The topological polar surface area (TPSA) is 52.5 Å². The Morgan fingerprint density at radius 3 is 2.53 bits per heavy atom. The second kappa shape index (κ2) is 6.43. The van der Waals surface area contributed by atoms with Crippen LogP contribution in [0.2, 0.25) is 0 Å². The quantitative estimate of drug-likeness (QED) is 0.619. The minimum Gasteiger partial charge on any atom is -0.508 e. The Balaban J connectivity index is 2.31. The molecule has 0 spiro atoms. The first-order chi connectivity index (χ1) is 7.22. The van der Waals surface area contributed by atoms with Crippen LogP contribution in [0.5, 0.6) is 5.75 Å². The third-order valence-corrected chi connectivity index (χ3v) is 2.21. The van der Waals surface area contributed by atoms with Crippen LogP contribution in [0.1, 0.15) is 18.9 Å². The minimum atomic E-state index is -0.360.